The molecule has 2 aliphatic rings. The Labute approximate surface area is 193 Å². The number of hydrogen-bond acceptors (Lipinski definition) is 5. The van der Waals surface area contributed by atoms with E-state index in [9.17, 15) is 0 Å². The topological polar surface area (TPSA) is 64.9 Å². The molecule has 5 nitrogen and oxygen atoms in total. The molecule has 32 heavy (non-hydrogen) atoms. The number of nitriles is 1. The zero-order valence-corrected chi connectivity index (χ0v) is 19.4. The van der Waals surface area contributed by atoms with Gasteiger partial charge in [-0.05, 0) is 59.9 Å². The Kier molecular flexibility index (Phi) is 7.31. The fourth-order valence-corrected chi connectivity index (χ4v) is 4.24. The third-order valence-corrected chi connectivity index (χ3v) is 6.66. The number of aromatic amines is 1. The standard InChI is InChI=1S/C26H28N4OS/c1-19(32-2)5-6-20(4-3-12-27)23-11-13-28-26-24(23)18-25(29-26)21-7-9-22(10-8-21)30-14-16-31-17-15-30/h3-7,9-11,13,18,21H,8,14-17H2,1-2H3,(H,28,29)/b4-3+,19-5+,20-6+. The fraction of sp³-hybridized carbons (Fsp3) is 0.308. The lowest BCUT2D eigenvalue weighted by molar-refractivity contribution is 0.0551. The number of aromatic nitrogens is 2. The maximum atomic E-state index is 9.06. The summed E-state index contributed by atoms with van der Waals surface area (Å²) in [5, 5.41) is 10.1. The van der Waals surface area contributed by atoms with Crippen LogP contribution in [0.1, 0.15) is 30.5 Å². The van der Waals surface area contributed by atoms with Gasteiger partial charge in [0.1, 0.15) is 5.65 Å². The summed E-state index contributed by atoms with van der Waals surface area (Å²) in [5.74, 6) is 0.294. The van der Waals surface area contributed by atoms with Crippen molar-refractivity contribution in [1.82, 2.24) is 14.9 Å². The van der Waals surface area contributed by atoms with Crippen molar-refractivity contribution in [2.24, 2.45) is 0 Å². The minimum absolute atomic E-state index is 0.294. The van der Waals surface area contributed by atoms with Crippen LogP contribution in [0.25, 0.3) is 16.6 Å². The average molecular weight is 445 g/mol. The number of fused-ring (bicyclic) bond motifs is 1. The second-order valence-electron chi connectivity index (χ2n) is 7.84. The Hall–Kier alpha value is -3.01. The lowest BCUT2D eigenvalue weighted by atomic mass is 9.95. The van der Waals surface area contributed by atoms with E-state index in [0.29, 0.717) is 5.92 Å². The fourth-order valence-electron chi connectivity index (χ4n) is 4.03. The van der Waals surface area contributed by atoms with Crippen LogP contribution < -0.4 is 0 Å². The summed E-state index contributed by atoms with van der Waals surface area (Å²) in [6, 6.07) is 6.33. The predicted molar refractivity (Wildman–Crippen MR) is 133 cm³/mol. The Morgan fingerprint density at radius 1 is 1.34 bits per heavy atom. The van der Waals surface area contributed by atoms with Gasteiger partial charge in [-0.25, -0.2) is 4.98 Å². The normalized spacial score (nSPS) is 20.1. The quantitative estimate of drug-likeness (QED) is 0.467. The molecule has 1 unspecified atom stereocenters. The van der Waals surface area contributed by atoms with Crippen LogP contribution in [0.3, 0.4) is 0 Å². The van der Waals surface area contributed by atoms with Gasteiger partial charge in [0.25, 0.3) is 0 Å². The molecule has 6 heteroatoms. The minimum atomic E-state index is 0.294. The summed E-state index contributed by atoms with van der Waals surface area (Å²) in [6.45, 7) is 5.59. The van der Waals surface area contributed by atoms with E-state index >= 15 is 0 Å². The van der Waals surface area contributed by atoms with Gasteiger partial charge in [0.15, 0.2) is 0 Å². The Morgan fingerprint density at radius 2 is 2.19 bits per heavy atom. The van der Waals surface area contributed by atoms with Crippen LogP contribution in [0.5, 0.6) is 0 Å². The number of pyridine rings is 1. The molecular formula is C26H28N4OS. The molecule has 0 radical (unpaired) electrons. The van der Waals surface area contributed by atoms with E-state index in [2.05, 4.69) is 70.6 Å². The average Bonchev–Trinajstić information content (AvgIpc) is 3.29. The highest BCUT2D eigenvalue weighted by Crippen LogP contribution is 2.32. The molecule has 164 valence electrons. The molecule has 0 saturated carbocycles. The van der Waals surface area contributed by atoms with E-state index in [-0.39, 0.29) is 0 Å². The van der Waals surface area contributed by atoms with Crippen LogP contribution in [-0.4, -0.2) is 47.4 Å². The van der Waals surface area contributed by atoms with E-state index in [1.54, 1.807) is 11.8 Å². The lowest BCUT2D eigenvalue weighted by Gasteiger charge is -2.31. The first-order chi connectivity index (χ1) is 15.7. The first-order valence-corrected chi connectivity index (χ1v) is 12.1. The molecule has 0 spiro atoms. The van der Waals surface area contributed by atoms with E-state index in [1.807, 2.05) is 18.3 Å². The monoisotopic (exact) mass is 444 g/mol. The first-order valence-electron chi connectivity index (χ1n) is 10.9. The van der Waals surface area contributed by atoms with Crippen molar-refractivity contribution in [2.75, 3.05) is 32.6 Å². The van der Waals surface area contributed by atoms with Crippen molar-refractivity contribution in [2.45, 2.75) is 19.3 Å². The largest absolute Gasteiger partial charge is 0.378 e. The van der Waals surface area contributed by atoms with Crippen molar-refractivity contribution >= 4 is 28.4 Å². The SMILES string of the molecule is CS/C(C)=C/C=C(\C=C\C#N)c1ccnc2[nH]c(C3C=CC(N4CCOCC4)=CC3)cc12. The van der Waals surface area contributed by atoms with Crippen molar-refractivity contribution in [1.29, 1.82) is 5.26 Å². The molecule has 1 aliphatic carbocycles. The van der Waals surface area contributed by atoms with E-state index in [4.69, 9.17) is 10.00 Å². The van der Waals surface area contributed by atoms with Gasteiger partial charge < -0.3 is 14.6 Å². The molecule has 1 saturated heterocycles. The number of allylic oxidation sites excluding steroid dienone is 9. The molecule has 0 amide bonds. The lowest BCUT2D eigenvalue weighted by Crippen LogP contribution is -2.35. The molecule has 0 aromatic carbocycles. The summed E-state index contributed by atoms with van der Waals surface area (Å²) in [5.41, 5.74) is 5.39. The summed E-state index contributed by atoms with van der Waals surface area (Å²) in [7, 11) is 0. The van der Waals surface area contributed by atoms with Crippen LogP contribution >= 0.6 is 11.8 Å². The van der Waals surface area contributed by atoms with Gasteiger partial charge in [0.05, 0.1) is 19.3 Å². The molecule has 1 aliphatic heterocycles. The van der Waals surface area contributed by atoms with Gasteiger partial charge in [-0.3, -0.25) is 0 Å². The molecule has 2 aromatic rings. The van der Waals surface area contributed by atoms with E-state index < -0.39 is 0 Å². The van der Waals surface area contributed by atoms with Crippen LogP contribution in [0.2, 0.25) is 0 Å². The molecule has 2 aromatic heterocycles. The molecule has 1 fully saturated rings. The van der Waals surface area contributed by atoms with Crippen LogP contribution in [0.4, 0.5) is 0 Å². The number of morpholine rings is 1. The van der Waals surface area contributed by atoms with Gasteiger partial charge >= 0.3 is 0 Å². The number of nitrogens with one attached hydrogen (secondary N) is 1. The summed E-state index contributed by atoms with van der Waals surface area (Å²) in [4.78, 5) is 11.7. The van der Waals surface area contributed by atoms with E-state index in [1.165, 1.54) is 16.7 Å². The molecule has 0 bridgehead atoms. The molecule has 1 N–H and O–H groups in total. The summed E-state index contributed by atoms with van der Waals surface area (Å²) in [6.07, 6.45) is 19.2. The smallest absolute Gasteiger partial charge is 0.138 e. The number of ether oxygens (including phenoxy) is 1. The minimum Gasteiger partial charge on any atom is -0.378 e. The third kappa shape index (κ3) is 5.07. The Balaban J connectivity index is 1.62. The molecule has 3 heterocycles. The van der Waals surface area contributed by atoms with Gasteiger partial charge in [-0.15, -0.1) is 11.8 Å². The van der Waals surface area contributed by atoms with E-state index in [0.717, 1.165) is 60.6 Å². The number of nitrogens with zero attached hydrogens (tertiary/aromatic N) is 3. The highest BCUT2D eigenvalue weighted by Gasteiger charge is 2.19. The second-order valence-corrected chi connectivity index (χ2v) is 8.89. The van der Waals surface area contributed by atoms with Crippen LogP contribution in [0, 0.1) is 11.3 Å². The Morgan fingerprint density at radius 3 is 2.91 bits per heavy atom. The number of hydrogen-bond donors (Lipinski definition) is 1. The molecular weight excluding hydrogens is 416 g/mol. The van der Waals surface area contributed by atoms with Gasteiger partial charge in [-0.2, -0.15) is 5.26 Å². The van der Waals surface area contributed by atoms with Crippen molar-refractivity contribution in [3.8, 4) is 6.07 Å². The maximum absolute atomic E-state index is 9.06. The highest BCUT2D eigenvalue weighted by atomic mass is 32.2. The Bertz CT molecular complexity index is 1160. The van der Waals surface area contributed by atoms with Crippen molar-refractivity contribution < 1.29 is 4.74 Å². The molecule has 1 atom stereocenters. The number of rotatable bonds is 6. The van der Waals surface area contributed by atoms with Gasteiger partial charge in [-0.1, -0.05) is 24.3 Å². The predicted octanol–water partition coefficient (Wildman–Crippen LogP) is 5.55. The molecule has 4 rings (SSSR count). The van der Waals surface area contributed by atoms with Crippen molar-refractivity contribution in [3.05, 3.63) is 82.7 Å². The van der Waals surface area contributed by atoms with Gasteiger partial charge in [0.2, 0.25) is 0 Å². The number of H-pyrrole nitrogens is 1. The first kappa shape index (κ1) is 22.2. The maximum Gasteiger partial charge on any atom is 0.138 e. The van der Waals surface area contributed by atoms with Crippen molar-refractivity contribution in [3.63, 3.8) is 0 Å². The van der Waals surface area contributed by atoms with Gasteiger partial charge in [0, 0.05) is 48.1 Å². The number of thioether (sulfide) groups is 1. The zero-order valence-electron chi connectivity index (χ0n) is 18.5. The second kappa shape index (κ2) is 10.5. The summed E-state index contributed by atoms with van der Waals surface area (Å²) < 4.78 is 5.47. The van der Waals surface area contributed by atoms with Crippen LogP contribution in [-0.2, 0) is 4.74 Å². The highest BCUT2D eigenvalue weighted by molar-refractivity contribution is 8.02. The zero-order chi connectivity index (χ0) is 22.3. The van der Waals surface area contributed by atoms with Crippen LogP contribution in [0.15, 0.2) is 71.5 Å². The third-order valence-electron chi connectivity index (χ3n) is 5.88. The summed E-state index contributed by atoms with van der Waals surface area (Å²) >= 11 is 1.71.